The molecule has 22 heavy (non-hydrogen) atoms. The summed E-state index contributed by atoms with van der Waals surface area (Å²) >= 11 is 0. The molecule has 0 aromatic heterocycles. The molecule has 0 heterocycles. The van der Waals surface area contributed by atoms with Crippen molar-refractivity contribution >= 4 is 7.60 Å². The number of hydrogen-bond acceptors (Lipinski definition) is 4. The number of hydrogen-bond donors (Lipinski definition) is 1. The van der Waals surface area contributed by atoms with E-state index in [1.54, 1.807) is 0 Å². The average molecular weight is 327 g/mol. The molecule has 0 fully saturated rings. The largest absolute Gasteiger partial charge is 0.350 e. The number of benzene rings is 1. The minimum atomic E-state index is -3.24. The normalized spacial score (nSPS) is 15.0. The van der Waals surface area contributed by atoms with Crippen LogP contribution in [0.15, 0.2) is 30.3 Å². The predicted octanol–water partition coefficient (Wildman–Crippen LogP) is 4.80. The van der Waals surface area contributed by atoms with E-state index in [0.717, 1.165) is 12.0 Å². The molecule has 0 aliphatic heterocycles. The first-order valence-electron chi connectivity index (χ1n) is 8.05. The molecule has 1 aromatic carbocycles. The van der Waals surface area contributed by atoms with Gasteiger partial charge >= 0.3 is 7.60 Å². The molecule has 0 saturated carbocycles. The van der Waals surface area contributed by atoms with Crippen LogP contribution in [0.1, 0.15) is 46.6 Å². The zero-order valence-electron chi connectivity index (χ0n) is 14.5. The first-order valence-corrected chi connectivity index (χ1v) is 9.59. The van der Waals surface area contributed by atoms with E-state index >= 15 is 0 Å². The third-order valence-corrected chi connectivity index (χ3v) is 6.27. The van der Waals surface area contributed by atoms with Crippen LogP contribution in [-0.4, -0.2) is 18.5 Å². The Hall–Kier alpha value is -0.670. The molecule has 0 bridgehead atoms. The van der Waals surface area contributed by atoms with Crippen molar-refractivity contribution in [3.8, 4) is 0 Å². The highest BCUT2D eigenvalue weighted by Gasteiger charge is 2.47. The first-order chi connectivity index (χ1) is 10.4. The summed E-state index contributed by atoms with van der Waals surface area (Å²) in [5, 5.41) is 2.74. The Labute approximate surface area is 135 Å². The topological polar surface area (TPSA) is 47.6 Å². The fourth-order valence-corrected chi connectivity index (χ4v) is 4.81. The summed E-state index contributed by atoms with van der Waals surface area (Å²) in [7, 11) is -3.24. The van der Waals surface area contributed by atoms with Crippen molar-refractivity contribution in [1.82, 2.24) is 5.32 Å². The summed E-state index contributed by atoms with van der Waals surface area (Å²) in [5.41, 5.74) is 1.15. The molecule has 126 valence electrons. The van der Waals surface area contributed by atoms with Crippen LogP contribution in [0.25, 0.3) is 0 Å². The molecule has 4 nitrogen and oxygen atoms in total. The van der Waals surface area contributed by atoms with Gasteiger partial charge in [0, 0.05) is 6.54 Å². The summed E-state index contributed by atoms with van der Waals surface area (Å²) in [4.78, 5) is 0. The van der Waals surface area contributed by atoms with Gasteiger partial charge in [-0.25, -0.2) is 0 Å². The van der Waals surface area contributed by atoms with Crippen LogP contribution in [0, 0.1) is 5.92 Å². The summed E-state index contributed by atoms with van der Waals surface area (Å²) < 4.78 is 24.5. The fourth-order valence-electron chi connectivity index (χ4n) is 2.63. The maximum atomic E-state index is 13.3. The van der Waals surface area contributed by atoms with Gasteiger partial charge in [0.2, 0.25) is 0 Å². The van der Waals surface area contributed by atoms with Gasteiger partial charge in [0.1, 0.15) is 5.28 Å². The fraction of sp³-hybridized carbons (Fsp3) is 0.647. The molecule has 0 aliphatic rings. The van der Waals surface area contributed by atoms with Crippen molar-refractivity contribution in [3.63, 3.8) is 0 Å². The third-order valence-electron chi connectivity index (χ3n) is 3.52. The lowest BCUT2D eigenvalue weighted by Gasteiger charge is -2.38. The molecule has 0 spiro atoms. The molecule has 1 rings (SSSR count). The van der Waals surface area contributed by atoms with Crippen molar-refractivity contribution in [2.24, 2.45) is 5.92 Å². The van der Waals surface area contributed by atoms with E-state index < -0.39 is 12.9 Å². The lowest BCUT2D eigenvalue weighted by Crippen LogP contribution is -2.44. The van der Waals surface area contributed by atoms with E-state index in [-0.39, 0.29) is 0 Å². The second-order valence-corrected chi connectivity index (χ2v) is 8.54. The predicted molar refractivity (Wildman–Crippen MR) is 92.0 cm³/mol. The zero-order valence-corrected chi connectivity index (χ0v) is 15.4. The van der Waals surface area contributed by atoms with E-state index in [0.29, 0.717) is 25.7 Å². The van der Waals surface area contributed by atoms with Gasteiger partial charge in [-0.05, 0) is 38.7 Å². The Kier molecular flexibility index (Phi) is 7.78. The van der Waals surface area contributed by atoms with Crippen LogP contribution in [-0.2, 0) is 20.2 Å². The Balaban J connectivity index is 2.98. The summed E-state index contributed by atoms with van der Waals surface area (Å²) in [6.45, 7) is 11.2. The van der Waals surface area contributed by atoms with Crippen molar-refractivity contribution in [2.75, 3.05) is 13.2 Å². The smallest absolute Gasteiger partial charge is 0.308 e. The monoisotopic (exact) mass is 327 g/mol. The SMILES string of the molecule is CCOP(=O)(OCC)C(C)(CC(C)C)NCc1ccccc1. The Morgan fingerprint density at radius 3 is 2.14 bits per heavy atom. The third kappa shape index (κ3) is 5.20. The van der Waals surface area contributed by atoms with Gasteiger partial charge in [0.05, 0.1) is 13.2 Å². The molecule has 1 aromatic rings. The molecule has 0 amide bonds. The quantitative estimate of drug-likeness (QED) is 0.627. The van der Waals surface area contributed by atoms with Crippen molar-refractivity contribution in [2.45, 2.75) is 52.9 Å². The molecule has 1 unspecified atom stereocenters. The minimum Gasteiger partial charge on any atom is -0.308 e. The Morgan fingerprint density at radius 2 is 1.68 bits per heavy atom. The molecular weight excluding hydrogens is 297 g/mol. The zero-order chi connectivity index (χ0) is 16.6. The van der Waals surface area contributed by atoms with Crippen molar-refractivity contribution in [1.29, 1.82) is 0 Å². The van der Waals surface area contributed by atoms with Gasteiger partial charge in [-0.15, -0.1) is 0 Å². The highest BCUT2D eigenvalue weighted by Crippen LogP contribution is 2.60. The molecular formula is C17H30NO3P. The van der Waals surface area contributed by atoms with Crippen LogP contribution in [0.4, 0.5) is 0 Å². The van der Waals surface area contributed by atoms with Gasteiger partial charge in [0.15, 0.2) is 0 Å². The van der Waals surface area contributed by atoms with Gasteiger partial charge < -0.3 is 9.05 Å². The average Bonchev–Trinajstić information content (AvgIpc) is 2.46. The van der Waals surface area contributed by atoms with E-state index in [2.05, 4.69) is 31.3 Å². The maximum absolute atomic E-state index is 13.3. The summed E-state index contributed by atoms with van der Waals surface area (Å²) in [6.07, 6.45) is 0.719. The Bertz CT molecular complexity index is 468. The highest BCUT2D eigenvalue weighted by molar-refractivity contribution is 7.55. The highest BCUT2D eigenvalue weighted by atomic mass is 31.2. The van der Waals surface area contributed by atoms with E-state index in [4.69, 9.17) is 9.05 Å². The van der Waals surface area contributed by atoms with Gasteiger partial charge in [0.25, 0.3) is 0 Å². The first kappa shape index (κ1) is 19.4. The van der Waals surface area contributed by atoms with Crippen LogP contribution in [0.2, 0.25) is 0 Å². The van der Waals surface area contributed by atoms with Crippen molar-refractivity contribution < 1.29 is 13.6 Å². The second kappa shape index (κ2) is 8.83. The molecule has 5 heteroatoms. The van der Waals surface area contributed by atoms with Crippen LogP contribution in [0.5, 0.6) is 0 Å². The van der Waals surface area contributed by atoms with E-state index in [1.807, 2.05) is 39.0 Å². The number of nitrogens with one attached hydrogen (secondary N) is 1. The lowest BCUT2D eigenvalue weighted by atomic mass is 10.0. The van der Waals surface area contributed by atoms with Crippen LogP contribution in [0.3, 0.4) is 0 Å². The summed E-state index contributed by atoms with van der Waals surface area (Å²) in [5.74, 6) is 0.377. The second-order valence-electron chi connectivity index (χ2n) is 6.04. The van der Waals surface area contributed by atoms with E-state index in [1.165, 1.54) is 0 Å². The van der Waals surface area contributed by atoms with Gasteiger partial charge in [-0.1, -0.05) is 44.2 Å². The van der Waals surface area contributed by atoms with Gasteiger partial charge in [-0.3, -0.25) is 9.88 Å². The van der Waals surface area contributed by atoms with Crippen LogP contribution >= 0.6 is 7.60 Å². The molecule has 0 radical (unpaired) electrons. The molecule has 0 aliphatic carbocycles. The molecule has 0 saturated heterocycles. The summed E-state index contributed by atoms with van der Waals surface area (Å²) in [6, 6.07) is 10.1. The molecule has 1 N–H and O–H groups in total. The Morgan fingerprint density at radius 1 is 1.14 bits per heavy atom. The lowest BCUT2D eigenvalue weighted by molar-refractivity contribution is 0.180. The number of rotatable bonds is 10. The van der Waals surface area contributed by atoms with Crippen molar-refractivity contribution in [3.05, 3.63) is 35.9 Å². The standard InChI is InChI=1S/C17H30NO3P/c1-6-20-22(19,21-7-2)17(5,13-15(3)4)18-14-16-11-9-8-10-12-16/h8-12,15,18H,6-7,13-14H2,1-5H3. The molecule has 1 atom stereocenters. The van der Waals surface area contributed by atoms with Crippen LogP contribution < -0.4 is 5.32 Å². The minimum absolute atomic E-state index is 0.373. The van der Waals surface area contributed by atoms with E-state index in [9.17, 15) is 4.57 Å². The van der Waals surface area contributed by atoms with Gasteiger partial charge in [-0.2, -0.15) is 0 Å². The maximum Gasteiger partial charge on any atom is 0.350 e.